The first-order valence-corrected chi connectivity index (χ1v) is 8.73. The first-order valence-electron chi connectivity index (χ1n) is 7.58. The zero-order valence-electron chi connectivity index (χ0n) is 12.9. The van der Waals surface area contributed by atoms with Gasteiger partial charge in [0.25, 0.3) is 0 Å². The van der Waals surface area contributed by atoms with Crippen LogP contribution in [0.5, 0.6) is 0 Å². The molecule has 20 heavy (non-hydrogen) atoms. The Bertz CT molecular complexity index is 342. The highest BCUT2D eigenvalue weighted by molar-refractivity contribution is 7.99. The predicted octanol–water partition coefficient (Wildman–Crippen LogP) is 2.17. The van der Waals surface area contributed by atoms with E-state index in [9.17, 15) is 4.79 Å². The lowest BCUT2D eigenvalue weighted by atomic mass is 9.67. The van der Waals surface area contributed by atoms with Crippen LogP contribution >= 0.6 is 11.8 Å². The molecule has 116 valence electrons. The van der Waals surface area contributed by atoms with Crippen LogP contribution in [0.2, 0.25) is 0 Å². The van der Waals surface area contributed by atoms with Gasteiger partial charge in [-0.3, -0.25) is 9.69 Å². The molecular weight excluding hydrogens is 274 g/mol. The smallest absolute Gasteiger partial charge is 0.307 e. The lowest BCUT2D eigenvalue weighted by molar-refractivity contribution is -0.151. The Labute approximate surface area is 126 Å². The number of thioether (sulfide) groups is 1. The van der Waals surface area contributed by atoms with Gasteiger partial charge >= 0.3 is 5.97 Å². The molecule has 0 aromatic heterocycles. The molecular formula is C15H27NO3S. The van der Waals surface area contributed by atoms with Crippen LogP contribution in [-0.2, 0) is 14.3 Å². The summed E-state index contributed by atoms with van der Waals surface area (Å²) in [6.45, 7) is 10.3. The minimum Gasteiger partial charge on any atom is -0.466 e. The summed E-state index contributed by atoms with van der Waals surface area (Å²) in [4.78, 5) is 14.6. The van der Waals surface area contributed by atoms with Crippen molar-refractivity contribution < 1.29 is 14.3 Å². The molecule has 0 N–H and O–H groups in total. The summed E-state index contributed by atoms with van der Waals surface area (Å²) in [5.74, 6) is 2.13. The van der Waals surface area contributed by atoms with Gasteiger partial charge in [0.2, 0.25) is 0 Å². The van der Waals surface area contributed by atoms with Crippen LogP contribution in [0.1, 0.15) is 33.6 Å². The maximum Gasteiger partial charge on any atom is 0.307 e. The number of ether oxygens (including phenoxy) is 2. The normalized spacial score (nSPS) is 30.9. The third-order valence-electron chi connectivity index (χ3n) is 4.83. The van der Waals surface area contributed by atoms with Crippen molar-refractivity contribution in [2.75, 3.05) is 44.4 Å². The van der Waals surface area contributed by atoms with Crippen LogP contribution in [0.15, 0.2) is 0 Å². The molecule has 1 unspecified atom stereocenters. The monoisotopic (exact) mass is 301 g/mol. The molecule has 2 heterocycles. The lowest BCUT2D eigenvalue weighted by Crippen LogP contribution is -2.65. The molecule has 0 saturated carbocycles. The quantitative estimate of drug-likeness (QED) is 0.744. The van der Waals surface area contributed by atoms with Gasteiger partial charge in [-0.25, -0.2) is 0 Å². The summed E-state index contributed by atoms with van der Waals surface area (Å²) < 4.78 is 10.7. The lowest BCUT2D eigenvalue weighted by Gasteiger charge is -2.56. The van der Waals surface area contributed by atoms with Gasteiger partial charge in [0.15, 0.2) is 0 Å². The fraction of sp³-hybridized carbons (Fsp3) is 0.933. The third kappa shape index (κ3) is 3.15. The minimum absolute atomic E-state index is 0.0606. The SMILES string of the molecule is CCOC(=O)CC1(N2CCOCC2)CSCCC1(C)C. The topological polar surface area (TPSA) is 38.8 Å². The van der Waals surface area contributed by atoms with Crippen LogP contribution in [0.25, 0.3) is 0 Å². The van der Waals surface area contributed by atoms with E-state index in [1.54, 1.807) is 0 Å². The maximum absolute atomic E-state index is 12.2. The standard InChI is InChI=1S/C15H27NO3S/c1-4-19-13(17)11-15(16-6-8-18-9-7-16)12-20-10-5-14(15,2)3/h4-12H2,1-3H3. The van der Waals surface area contributed by atoms with E-state index >= 15 is 0 Å². The molecule has 2 saturated heterocycles. The predicted molar refractivity (Wildman–Crippen MR) is 82.1 cm³/mol. The Kier molecular flexibility index (Phi) is 5.37. The van der Waals surface area contributed by atoms with Crippen molar-refractivity contribution in [1.29, 1.82) is 0 Å². The van der Waals surface area contributed by atoms with Crippen LogP contribution in [0.4, 0.5) is 0 Å². The Morgan fingerprint density at radius 1 is 1.35 bits per heavy atom. The Hall–Kier alpha value is -0.260. The zero-order chi connectivity index (χ0) is 14.6. The van der Waals surface area contributed by atoms with Gasteiger partial charge in [-0.15, -0.1) is 0 Å². The molecule has 4 nitrogen and oxygen atoms in total. The van der Waals surface area contributed by atoms with Crippen molar-refractivity contribution in [3.05, 3.63) is 0 Å². The molecule has 0 aromatic carbocycles. The van der Waals surface area contributed by atoms with Crippen molar-refractivity contribution in [1.82, 2.24) is 4.90 Å². The van der Waals surface area contributed by atoms with Crippen molar-refractivity contribution in [2.24, 2.45) is 5.41 Å². The van der Waals surface area contributed by atoms with E-state index in [-0.39, 0.29) is 16.9 Å². The zero-order valence-corrected chi connectivity index (χ0v) is 13.8. The van der Waals surface area contributed by atoms with Gasteiger partial charge in [0.1, 0.15) is 0 Å². The summed E-state index contributed by atoms with van der Waals surface area (Å²) in [5, 5.41) is 0. The number of rotatable bonds is 4. The highest BCUT2D eigenvalue weighted by Gasteiger charge is 2.52. The second-order valence-electron chi connectivity index (χ2n) is 6.30. The van der Waals surface area contributed by atoms with Gasteiger partial charge < -0.3 is 9.47 Å². The number of morpholine rings is 1. The van der Waals surface area contributed by atoms with Gasteiger partial charge in [-0.1, -0.05) is 13.8 Å². The molecule has 2 fully saturated rings. The number of esters is 1. The molecule has 0 amide bonds. The van der Waals surface area contributed by atoms with E-state index in [0.717, 1.165) is 38.5 Å². The average Bonchev–Trinajstić information content (AvgIpc) is 2.42. The van der Waals surface area contributed by atoms with Gasteiger partial charge in [-0.05, 0) is 24.5 Å². The number of carbonyl (C=O) groups excluding carboxylic acids is 1. The van der Waals surface area contributed by atoms with E-state index in [1.807, 2.05) is 18.7 Å². The molecule has 1 atom stereocenters. The molecule has 2 rings (SSSR count). The van der Waals surface area contributed by atoms with Gasteiger partial charge in [0, 0.05) is 24.4 Å². The Morgan fingerprint density at radius 3 is 2.65 bits per heavy atom. The molecule has 5 heteroatoms. The fourth-order valence-electron chi connectivity index (χ4n) is 3.36. The number of carbonyl (C=O) groups is 1. The Balaban J connectivity index is 2.23. The van der Waals surface area contributed by atoms with Crippen LogP contribution in [0.3, 0.4) is 0 Å². The first kappa shape index (κ1) is 16.1. The van der Waals surface area contributed by atoms with E-state index in [0.29, 0.717) is 13.0 Å². The molecule has 0 radical (unpaired) electrons. The highest BCUT2D eigenvalue weighted by Crippen LogP contribution is 2.48. The molecule has 0 aliphatic carbocycles. The second-order valence-corrected chi connectivity index (χ2v) is 7.40. The first-order chi connectivity index (χ1) is 9.52. The van der Waals surface area contributed by atoms with E-state index in [4.69, 9.17) is 9.47 Å². The summed E-state index contributed by atoms with van der Waals surface area (Å²) in [6, 6.07) is 0. The van der Waals surface area contributed by atoms with Crippen molar-refractivity contribution >= 4 is 17.7 Å². The number of hydrogen-bond acceptors (Lipinski definition) is 5. The van der Waals surface area contributed by atoms with Gasteiger partial charge in [-0.2, -0.15) is 11.8 Å². The van der Waals surface area contributed by atoms with Crippen LogP contribution in [0, 0.1) is 5.41 Å². The largest absolute Gasteiger partial charge is 0.466 e. The van der Waals surface area contributed by atoms with Gasteiger partial charge in [0.05, 0.1) is 26.2 Å². The van der Waals surface area contributed by atoms with Crippen molar-refractivity contribution in [2.45, 2.75) is 39.2 Å². The van der Waals surface area contributed by atoms with Crippen LogP contribution in [-0.4, -0.2) is 60.8 Å². The number of nitrogens with zero attached hydrogens (tertiary/aromatic N) is 1. The average molecular weight is 301 g/mol. The fourth-order valence-corrected chi connectivity index (χ4v) is 5.17. The molecule has 2 aliphatic heterocycles. The highest BCUT2D eigenvalue weighted by atomic mass is 32.2. The van der Waals surface area contributed by atoms with E-state index in [2.05, 4.69) is 18.7 Å². The summed E-state index contributed by atoms with van der Waals surface area (Å²) in [6.07, 6.45) is 1.65. The van der Waals surface area contributed by atoms with E-state index < -0.39 is 0 Å². The van der Waals surface area contributed by atoms with E-state index in [1.165, 1.54) is 5.75 Å². The van der Waals surface area contributed by atoms with Crippen molar-refractivity contribution in [3.8, 4) is 0 Å². The molecule has 2 aliphatic rings. The minimum atomic E-state index is -0.0913. The molecule has 0 spiro atoms. The molecule has 0 bridgehead atoms. The second kappa shape index (κ2) is 6.67. The van der Waals surface area contributed by atoms with Crippen LogP contribution < -0.4 is 0 Å². The van der Waals surface area contributed by atoms with Crippen molar-refractivity contribution in [3.63, 3.8) is 0 Å². The third-order valence-corrected chi connectivity index (χ3v) is 6.01. The number of hydrogen-bond donors (Lipinski definition) is 0. The maximum atomic E-state index is 12.2. The summed E-state index contributed by atoms with van der Waals surface area (Å²) >= 11 is 1.97. The summed E-state index contributed by atoms with van der Waals surface area (Å²) in [5.41, 5.74) is 0.0360. The molecule has 0 aromatic rings. The Morgan fingerprint density at radius 2 is 2.05 bits per heavy atom. The summed E-state index contributed by atoms with van der Waals surface area (Å²) in [7, 11) is 0.